The van der Waals surface area contributed by atoms with Crippen molar-refractivity contribution in [3.05, 3.63) is 71.0 Å². The highest BCUT2D eigenvalue weighted by Crippen LogP contribution is 2.28. The van der Waals surface area contributed by atoms with Crippen LogP contribution in [0.2, 0.25) is 0 Å². The number of rotatable bonds is 7. The van der Waals surface area contributed by atoms with Crippen LogP contribution < -0.4 is 10.1 Å². The fourth-order valence-electron chi connectivity index (χ4n) is 2.50. The minimum Gasteiger partial charge on any atom is -0.497 e. The molecule has 0 aliphatic heterocycles. The number of carbonyl (C=O) groups is 1. The first-order chi connectivity index (χ1) is 13.5. The molecule has 1 heterocycles. The number of nitrogens with zero attached hydrogens (tertiary/aromatic N) is 3. The molecule has 28 heavy (non-hydrogen) atoms. The van der Waals surface area contributed by atoms with Gasteiger partial charge in [-0.05, 0) is 37.3 Å². The molecule has 1 aromatic heterocycles. The van der Waals surface area contributed by atoms with Crippen LogP contribution in [0.4, 0.5) is 11.4 Å². The van der Waals surface area contributed by atoms with E-state index in [4.69, 9.17) is 4.74 Å². The van der Waals surface area contributed by atoms with Gasteiger partial charge in [0.1, 0.15) is 11.4 Å². The number of carbonyl (C=O) groups excluding carboxylic acids is 1. The molecule has 144 valence electrons. The molecule has 0 aliphatic carbocycles. The second-order valence-electron chi connectivity index (χ2n) is 5.80. The van der Waals surface area contributed by atoms with E-state index >= 15 is 0 Å². The van der Waals surface area contributed by atoms with Gasteiger partial charge in [-0.2, -0.15) is 0 Å². The van der Waals surface area contributed by atoms with Gasteiger partial charge in [-0.3, -0.25) is 19.5 Å². The summed E-state index contributed by atoms with van der Waals surface area (Å²) in [5.74, 6) is 0.402. The van der Waals surface area contributed by atoms with Gasteiger partial charge in [-0.1, -0.05) is 23.9 Å². The van der Waals surface area contributed by atoms with Crippen LogP contribution in [0.1, 0.15) is 6.92 Å². The molecule has 0 spiro atoms. The predicted molar refractivity (Wildman–Crippen MR) is 107 cm³/mol. The zero-order chi connectivity index (χ0) is 20.1. The molecule has 0 fully saturated rings. The Balaban J connectivity index is 1.73. The van der Waals surface area contributed by atoms with Crippen molar-refractivity contribution in [3.63, 3.8) is 0 Å². The van der Waals surface area contributed by atoms with Crippen LogP contribution >= 0.6 is 11.8 Å². The highest BCUT2D eigenvalue weighted by atomic mass is 32.2. The number of anilines is 1. The summed E-state index contributed by atoms with van der Waals surface area (Å²) in [4.78, 5) is 27.4. The van der Waals surface area contributed by atoms with E-state index in [0.29, 0.717) is 5.16 Å². The largest absolute Gasteiger partial charge is 0.497 e. The van der Waals surface area contributed by atoms with E-state index in [9.17, 15) is 14.9 Å². The lowest BCUT2D eigenvalue weighted by Gasteiger charge is -2.13. The summed E-state index contributed by atoms with van der Waals surface area (Å²) in [6.07, 6.45) is 3.45. The van der Waals surface area contributed by atoms with Gasteiger partial charge in [0.2, 0.25) is 5.91 Å². The summed E-state index contributed by atoms with van der Waals surface area (Å²) in [5.41, 5.74) is 0.906. The zero-order valence-corrected chi connectivity index (χ0v) is 16.1. The highest BCUT2D eigenvalue weighted by molar-refractivity contribution is 8.00. The number of benzene rings is 2. The molecule has 0 radical (unpaired) electrons. The second kappa shape index (κ2) is 8.57. The highest BCUT2D eigenvalue weighted by Gasteiger charge is 2.21. The Bertz CT molecular complexity index is 988. The minimum absolute atomic E-state index is 0.146. The Morgan fingerprint density at radius 1 is 1.25 bits per heavy atom. The molecular formula is C19H18N4O4S. The molecule has 9 heteroatoms. The Labute approximate surface area is 165 Å². The monoisotopic (exact) mass is 398 g/mol. The summed E-state index contributed by atoms with van der Waals surface area (Å²) in [6, 6.07) is 13.5. The van der Waals surface area contributed by atoms with Crippen LogP contribution in [-0.2, 0) is 4.79 Å². The molecule has 1 amide bonds. The van der Waals surface area contributed by atoms with Crippen LogP contribution in [0.3, 0.4) is 0 Å². The molecule has 2 aromatic carbocycles. The number of hydrogen-bond acceptors (Lipinski definition) is 6. The van der Waals surface area contributed by atoms with E-state index in [-0.39, 0.29) is 17.3 Å². The van der Waals surface area contributed by atoms with Gasteiger partial charge >= 0.3 is 0 Å². The van der Waals surface area contributed by atoms with Crippen molar-refractivity contribution in [2.45, 2.75) is 17.3 Å². The van der Waals surface area contributed by atoms with Gasteiger partial charge in [0.15, 0.2) is 5.16 Å². The predicted octanol–water partition coefficient (Wildman–Crippen LogP) is 3.91. The van der Waals surface area contributed by atoms with E-state index in [1.807, 2.05) is 28.8 Å². The van der Waals surface area contributed by atoms with Gasteiger partial charge in [0, 0.05) is 24.1 Å². The minimum atomic E-state index is -0.524. The third-order valence-electron chi connectivity index (χ3n) is 3.97. The Hall–Kier alpha value is -3.33. The number of amides is 1. The van der Waals surface area contributed by atoms with Gasteiger partial charge in [-0.25, -0.2) is 4.98 Å². The van der Waals surface area contributed by atoms with Crippen molar-refractivity contribution in [1.82, 2.24) is 9.55 Å². The normalized spacial score (nSPS) is 11.6. The fourth-order valence-corrected chi connectivity index (χ4v) is 3.38. The number of aromatic nitrogens is 2. The van der Waals surface area contributed by atoms with Crippen LogP contribution in [0, 0.1) is 10.1 Å². The Morgan fingerprint density at radius 3 is 2.64 bits per heavy atom. The van der Waals surface area contributed by atoms with E-state index in [2.05, 4.69) is 10.3 Å². The second-order valence-corrected chi connectivity index (χ2v) is 7.11. The van der Waals surface area contributed by atoms with Crippen LogP contribution in [0.5, 0.6) is 5.75 Å². The summed E-state index contributed by atoms with van der Waals surface area (Å²) >= 11 is 1.26. The van der Waals surface area contributed by atoms with Crippen molar-refractivity contribution in [1.29, 1.82) is 0 Å². The van der Waals surface area contributed by atoms with Crippen molar-refractivity contribution in [2.24, 2.45) is 0 Å². The summed E-state index contributed by atoms with van der Waals surface area (Å²) in [7, 11) is 1.60. The third-order valence-corrected chi connectivity index (χ3v) is 5.05. The van der Waals surface area contributed by atoms with Crippen molar-refractivity contribution in [3.8, 4) is 11.4 Å². The molecular weight excluding hydrogens is 380 g/mol. The number of nitrogens with one attached hydrogen (secondary N) is 1. The molecule has 1 N–H and O–H groups in total. The first-order valence-corrected chi connectivity index (χ1v) is 9.26. The number of nitro groups is 1. The van der Waals surface area contributed by atoms with Gasteiger partial charge in [-0.15, -0.1) is 0 Å². The van der Waals surface area contributed by atoms with Gasteiger partial charge in [0.05, 0.1) is 17.3 Å². The standard InChI is InChI=1S/C19H18N4O4S/c1-13(18(24)21-16-5-3-4-6-17(16)23(25)26)28-19-20-11-12-22(19)14-7-9-15(27-2)10-8-14/h3-13H,1-2H3,(H,21,24)/t13-/m0/s1. The first kappa shape index (κ1) is 19.4. The maximum absolute atomic E-state index is 12.5. The number of thioether (sulfide) groups is 1. The van der Waals surface area contributed by atoms with Crippen LogP contribution in [0.25, 0.3) is 5.69 Å². The number of para-hydroxylation sites is 2. The number of hydrogen-bond donors (Lipinski definition) is 1. The molecule has 3 rings (SSSR count). The zero-order valence-electron chi connectivity index (χ0n) is 15.2. The molecule has 0 saturated heterocycles. The molecule has 1 atom stereocenters. The number of imidazole rings is 1. The number of nitro benzene ring substituents is 1. The van der Waals surface area contributed by atoms with Crippen molar-refractivity contribution < 1.29 is 14.5 Å². The van der Waals surface area contributed by atoms with Crippen molar-refractivity contribution in [2.75, 3.05) is 12.4 Å². The third kappa shape index (κ3) is 4.32. The number of methoxy groups -OCH3 is 1. The molecule has 3 aromatic rings. The van der Waals surface area contributed by atoms with Crippen molar-refractivity contribution >= 4 is 29.0 Å². The smallest absolute Gasteiger partial charge is 0.292 e. The molecule has 8 nitrogen and oxygen atoms in total. The number of ether oxygens (including phenoxy) is 1. The Morgan fingerprint density at radius 2 is 1.96 bits per heavy atom. The molecule has 0 aliphatic rings. The first-order valence-electron chi connectivity index (χ1n) is 8.38. The van der Waals surface area contributed by atoms with Crippen LogP contribution in [0.15, 0.2) is 66.1 Å². The fraction of sp³-hybridized carbons (Fsp3) is 0.158. The molecule has 0 unspecified atom stereocenters. The molecule has 0 bridgehead atoms. The molecule has 0 saturated carbocycles. The maximum Gasteiger partial charge on any atom is 0.292 e. The summed E-state index contributed by atoms with van der Waals surface area (Å²) in [6.45, 7) is 1.72. The van der Waals surface area contributed by atoms with E-state index in [1.54, 1.807) is 38.6 Å². The average molecular weight is 398 g/mol. The average Bonchev–Trinajstić information content (AvgIpc) is 3.16. The maximum atomic E-state index is 12.5. The summed E-state index contributed by atoms with van der Waals surface area (Å²) in [5, 5.41) is 13.8. The lowest BCUT2D eigenvalue weighted by Crippen LogP contribution is -2.23. The Kier molecular flexibility index (Phi) is 5.95. The van der Waals surface area contributed by atoms with Gasteiger partial charge < -0.3 is 10.1 Å². The van der Waals surface area contributed by atoms with E-state index < -0.39 is 10.2 Å². The van der Waals surface area contributed by atoms with Gasteiger partial charge in [0.25, 0.3) is 5.69 Å². The topological polar surface area (TPSA) is 99.3 Å². The van der Waals surface area contributed by atoms with E-state index in [1.165, 1.54) is 23.9 Å². The lowest BCUT2D eigenvalue weighted by molar-refractivity contribution is -0.383. The van der Waals surface area contributed by atoms with Crippen LogP contribution in [-0.4, -0.2) is 32.7 Å². The lowest BCUT2D eigenvalue weighted by atomic mass is 10.2. The quantitative estimate of drug-likeness (QED) is 0.368. The SMILES string of the molecule is COc1ccc(-n2ccnc2S[C@@H](C)C(=O)Nc2ccccc2[N+](=O)[O-])cc1. The van der Waals surface area contributed by atoms with E-state index in [0.717, 1.165) is 11.4 Å². The summed E-state index contributed by atoms with van der Waals surface area (Å²) < 4.78 is 7.02.